The van der Waals surface area contributed by atoms with E-state index >= 15 is 0 Å². The average molecular weight is 518 g/mol. The molecule has 2 unspecified atom stereocenters. The summed E-state index contributed by atoms with van der Waals surface area (Å²) < 4.78 is 10.4. The second kappa shape index (κ2) is 13.4. The number of esters is 1. The topological polar surface area (TPSA) is 114 Å². The molecule has 1 aromatic rings. The number of aryl methyl sites for hydroxylation is 1. The van der Waals surface area contributed by atoms with Gasteiger partial charge >= 0.3 is 12.1 Å². The highest BCUT2D eigenvalue weighted by Crippen LogP contribution is 2.36. The molecule has 2 rings (SSSR count). The molecule has 1 aromatic carbocycles. The summed E-state index contributed by atoms with van der Waals surface area (Å²) >= 11 is 0. The van der Waals surface area contributed by atoms with E-state index in [0.29, 0.717) is 12.0 Å². The van der Waals surface area contributed by atoms with Gasteiger partial charge in [-0.3, -0.25) is 14.4 Å². The Bertz CT molecular complexity index is 934. The molecule has 0 bridgehead atoms. The Morgan fingerprint density at radius 2 is 1.70 bits per heavy atom. The number of alkyl carbamates (subject to hydrolysis) is 1. The van der Waals surface area contributed by atoms with Gasteiger partial charge in [-0.25, -0.2) is 4.79 Å². The van der Waals surface area contributed by atoms with Crippen LogP contribution in [0.2, 0.25) is 0 Å². The molecule has 0 aromatic heterocycles. The third-order valence-electron chi connectivity index (χ3n) is 5.74. The van der Waals surface area contributed by atoms with Crippen LogP contribution in [0.25, 0.3) is 0 Å². The number of nitrogens with one attached hydrogen (secondary N) is 2. The highest BCUT2D eigenvalue weighted by atomic mass is 16.6. The molecule has 0 aliphatic heterocycles. The zero-order valence-electron chi connectivity index (χ0n) is 23.3. The third-order valence-corrected chi connectivity index (χ3v) is 5.74. The lowest BCUT2D eigenvalue weighted by molar-refractivity contribution is -0.145. The van der Waals surface area contributed by atoms with E-state index < -0.39 is 29.7 Å². The van der Waals surface area contributed by atoms with E-state index in [1.807, 2.05) is 45.0 Å². The van der Waals surface area contributed by atoms with Crippen molar-refractivity contribution in [2.45, 2.75) is 97.9 Å². The van der Waals surface area contributed by atoms with Crippen molar-refractivity contribution in [3.05, 3.63) is 35.4 Å². The molecule has 206 valence electrons. The van der Waals surface area contributed by atoms with Gasteiger partial charge in [0.1, 0.15) is 17.7 Å². The number of amides is 3. The molecular weight excluding hydrogens is 474 g/mol. The Morgan fingerprint density at radius 3 is 2.22 bits per heavy atom. The maximum Gasteiger partial charge on any atom is 0.408 e. The second-order valence-corrected chi connectivity index (χ2v) is 11.0. The van der Waals surface area contributed by atoms with Crippen molar-refractivity contribution in [2.75, 3.05) is 13.2 Å². The number of rotatable bonds is 12. The van der Waals surface area contributed by atoms with E-state index in [9.17, 15) is 19.2 Å². The van der Waals surface area contributed by atoms with E-state index in [0.717, 1.165) is 18.4 Å². The second-order valence-electron chi connectivity index (χ2n) is 11.0. The maximum absolute atomic E-state index is 14.0. The Hall–Kier alpha value is -3.10. The van der Waals surface area contributed by atoms with Gasteiger partial charge in [-0.15, -0.1) is 0 Å². The first kappa shape index (κ1) is 30.1. The van der Waals surface area contributed by atoms with Crippen molar-refractivity contribution in [3.63, 3.8) is 0 Å². The number of carbonyl (C=O) groups excluding carboxylic acids is 4. The zero-order valence-corrected chi connectivity index (χ0v) is 23.3. The number of ether oxygens (including phenoxy) is 2. The molecular formula is C28H43N3O6. The fourth-order valence-electron chi connectivity index (χ4n) is 4.00. The summed E-state index contributed by atoms with van der Waals surface area (Å²) in [6, 6.07) is 5.60. The zero-order chi connectivity index (χ0) is 27.8. The summed E-state index contributed by atoms with van der Waals surface area (Å²) in [5, 5.41) is 5.56. The largest absolute Gasteiger partial charge is 0.466 e. The highest BCUT2D eigenvalue weighted by Gasteiger charge is 2.44. The quantitative estimate of drug-likeness (QED) is 0.405. The van der Waals surface area contributed by atoms with Crippen molar-refractivity contribution in [1.29, 1.82) is 0 Å². The van der Waals surface area contributed by atoms with Crippen molar-refractivity contribution >= 4 is 23.9 Å². The fraction of sp³-hybridized carbons (Fsp3) is 0.643. The van der Waals surface area contributed by atoms with Crippen LogP contribution in [0.15, 0.2) is 24.3 Å². The van der Waals surface area contributed by atoms with E-state index in [4.69, 9.17) is 9.47 Å². The molecule has 1 saturated carbocycles. The van der Waals surface area contributed by atoms with E-state index in [-0.39, 0.29) is 43.3 Å². The molecule has 0 heterocycles. The normalized spacial score (nSPS) is 14.9. The van der Waals surface area contributed by atoms with Crippen molar-refractivity contribution < 1.29 is 28.7 Å². The first-order chi connectivity index (χ1) is 17.3. The van der Waals surface area contributed by atoms with Gasteiger partial charge < -0.3 is 25.0 Å². The fourth-order valence-corrected chi connectivity index (χ4v) is 4.00. The van der Waals surface area contributed by atoms with Crippen LogP contribution in [0.3, 0.4) is 0 Å². The van der Waals surface area contributed by atoms with Gasteiger partial charge in [-0.2, -0.15) is 0 Å². The van der Waals surface area contributed by atoms with Crippen LogP contribution in [0.1, 0.15) is 84.4 Å². The lowest BCUT2D eigenvalue weighted by atomic mass is 9.98. The van der Waals surface area contributed by atoms with E-state index in [1.165, 1.54) is 0 Å². The number of benzene rings is 1. The van der Waals surface area contributed by atoms with Gasteiger partial charge in [0, 0.05) is 12.6 Å². The number of carbonyl (C=O) groups is 4. The Balaban J connectivity index is 2.35. The molecule has 1 aliphatic rings. The lowest BCUT2D eigenvalue weighted by Gasteiger charge is -2.35. The molecule has 1 fully saturated rings. The van der Waals surface area contributed by atoms with Crippen LogP contribution in [0.5, 0.6) is 0 Å². The van der Waals surface area contributed by atoms with Crippen LogP contribution < -0.4 is 10.6 Å². The van der Waals surface area contributed by atoms with Crippen molar-refractivity contribution in [1.82, 2.24) is 15.5 Å². The highest BCUT2D eigenvalue weighted by molar-refractivity contribution is 5.92. The minimum atomic E-state index is -0.905. The molecule has 1 aliphatic carbocycles. The SMILES string of the molecule is CCOC(=O)CCNC(=O)C(c1ccc(C)cc1)N(C(=O)C(CC(C)C)NC(=O)OC(C)(C)C)C1CC1. The van der Waals surface area contributed by atoms with Crippen molar-refractivity contribution in [2.24, 2.45) is 5.92 Å². The van der Waals surface area contributed by atoms with E-state index in [2.05, 4.69) is 10.6 Å². The first-order valence-corrected chi connectivity index (χ1v) is 13.1. The molecule has 2 atom stereocenters. The summed E-state index contributed by atoms with van der Waals surface area (Å²) in [6.07, 6.45) is 1.30. The molecule has 3 amide bonds. The van der Waals surface area contributed by atoms with Crippen LogP contribution in [-0.4, -0.2) is 59.6 Å². The summed E-state index contributed by atoms with van der Waals surface area (Å²) in [5.41, 5.74) is 0.980. The van der Waals surface area contributed by atoms with Gasteiger partial charge in [0.15, 0.2) is 0 Å². The summed E-state index contributed by atoms with van der Waals surface area (Å²) in [5.74, 6) is -0.994. The van der Waals surface area contributed by atoms with Crippen LogP contribution in [-0.2, 0) is 23.9 Å². The van der Waals surface area contributed by atoms with Gasteiger partial charge in [0.2, 0.25) is 11.8 Å². The minimum Gasteiger partial charge on any atom is -0.466 e. The molecule has 9 heteroatoms. The van der Waals surface area contributed by atoms with Crippen molar-refractivity contribution in [3.8, 4) is 0 Å². The summed E-state index contributed by atoms with van der Waals surface area (Å²) in [7, 11) is 0. The smallest absolute Gasteiger partial charge is 0.408 e. The lowest BCUT2D eigenvalue weighted by Crippen LogP contribution is -2.54. The van der Waals surface area contributed by atoms with Gasteiger partial charge in [0.05, 0.1) is 13.0 Å². The standard InChI is InChI=1S/C28H43N3O6/c1-8-36-23(32)15-16-29-25(33)24(20-11-9-19(4)10-12-20)31(21-13-14-21)26(34)22(17-18(2)3)30-27(35)37-28(5,6)7/h9-12,18,21-22,24H,8,13-17H2,1-7H3,(H,29,33)(H,30,35). The maximum atomic E-state index is 14.0. The molecule has 37 heavy (non-hydrogen) atoms. The molecule has 0 saturated heterocycles. The number of hydrogen-bond donors (Lipinski definition) is 2. The summed E-state index contributed by atoms with van der Waals surface area (Å²) in [6.45, 7) is 13.3. The minimum absolute atomic E-state index is 0.0355. The predicted octanol–water partition coefficient (Wildman–Crippen LogP) is 4.04. The third kappa shape index (κ3) is 10.1. The number of hydrogen-bond acceptors (Lipinski definition) is 6. The van der Waals surface area contributed by atoms with Crippen LogP contribution in [0.4, 0.5) is 4.79 Å². The van der Waals surface area contributed by atoms with Gasteiger partial charge in [0.25, 0.3) is 0 Å². The Kier molecular flexibility index (Phi) is 10.9. The average Bonchev–Trinajstić information content (AvgIpc) is 3.61. The first-order valence-electron chi connectivity index (χ1n) is 13.1. The van der Waals surface area contributed by atoms with Crippen LogP contribution >= 0.6 is 0 Å². The molecule has 9 nitrogen and oxygen atoms in total. The molecule has 0 spiro atoms. The molecule has 0 radical (unpaired) electrons. The van der Waals surface area contributed by atoms with E-state index in [1.54, 1.807) is 32.6 Å². The van der Waals surface area contributed by atoms with Crippen LogP contribution in [0, 0.1) is 12.8 Å². The Morgan fingerprint density at radius 1 is 1.08 bits per heavy atom. The van der Waals surface area contributed by atoms with Gasteiger partial charge in [-0.1, -0.05) is 43.7 Å². The predicted molar refractivity (Wildman–Crippen MR) is 141 cm³/mol. The molecule has 2 N–H and O–H groups in total. The monoisotopic (exact) mass is 517 g/mol. The number of nitrogens with zero attached hydrogens (tertiary/aromatic N) is 1. The summed E-state index contributed by atoms with van der Waals surface area (Å²) in [4.78, 5) is 53.5. The Labute approximate surface area is 220 Å². The van der Waals surface area contributed by atoms with Gasteiger partial charge in [-0.05, 0) is 65.4 Å².